The summed E-state index contributed by atoms with van der Waals surface area (Å²) in [5.41, 5.74) is 1.89. The zero-order valence-corrected chi connectivity index (χ0v) is 13.9. The van der Waals surface area contributed by atoms with Crippen molar-refractivity contribution < 1.29 is 9.90 Å². The van der Waals surface area contributed by atoms with Crippen LogP contribution in [-0.2, 0) is 4.79 Å². The Balaban J connectivity index is 1.60. The number of benzene rings is 2. The highest BCUT2D eigenvalue weighted by Gasteiger charge is 2.32. The van der Waals surface area contributed by atoms with Crippen LogP contribution in [0.4, 0.5) is 5.69 Å². The van der Waals surface area contributed by atoms with E-state index in [0.29, 0.717) is 13.0 Å². The molecule has 1 aliphatic heterocycles. The SMILES string of the molecule is C[C@@H]([C@@H](O)c1ccccc1)N1CC[C@H](Nc2ccccc2)CC1=O. The highest BCUT2D eigenvalue weighted by molar-refractivity contribution is 5.78. The Bertz CT molecular complexity index is 660. The number of rotatable bonds is 5. The van der Waals surface area contributed by atoms with Crippen molar-refractivity contribution in [1.29, 1.82) is 0 Å². The van der Waals surface area contributed by atoms with Crippen molar-refractivity contribution in [1.82, 2.24) is 4.90 Å². The fraction of sp³-hybridized carbons (Fsp3) is 0.350. The lowest BCUT2D eigenvalue weighted by Crippen LogP contribution is -2.49. The molecule has 1 saturated heterocycles. The van der Waals surface area contributed by atoms with Crippen molar-refractivity contribution in [3.8, 4) is 0 Å². The molecule has 24 heavy (non-hydrogen) atoms. The molecule has 1 aliphatic rings. The number of hydrogen-bond donors (Lipinski definition) is 2. The molecule has 2 aromatic carbocycles. The number of anilines is 1. The van der Waals surface area contributed by atoms with Crippen molar-refractivity contribution in [3.63, 3.8) is 0 Å². The summed E-state index contributed by atoms with van der Waals surface area (Å²) in [6.45, 7) is 2.58. The van der Waals surface area contributed by atoms with Gasteiger partial charge in [-0.1, -0.05) is 48.5 Å². The minimum absolute atomic E-state index is 0.0946. The maximum atomic E-state index is 12.5. The predicted molar refractivity (Wildman–Crippen MR) is 95.7 cm³/mol. The zero-order chi connectivity index (χ0) is 16.9. The van der Waals surface area contributed by atoms with E-state index in [1.54, 1.807) is 4.90 Å². The Hall–Kier alpha value is -2.33. The first-order valence-electron chi connectivity index (χ1n) is 8.49. The molecular weight excluding hydrogens is 300 g/mol. The summed E-state index contributed by atoms with van der Waals surface area (Å²) in [6, 6.07) is 19.4. The van der Waals surface area contributed by atoms with Crippen LogP contribution in [0.5, 0.6) is 0 Å². The Kier molecular flexibility index (Phi) is 5.16. The fourth-order valence-corrected chi connectivity index (χ4v) is 3.27. The lowest BCUT2D eigenvalue weighted by atomic mass is 9.97. The van der Waals surface area contributed by atoms with Crippen LogP contribution in [0.2, 0.25) is 0 Å². The van der Waals surface area contributed by atoms with E-state index in [1.807, 2.05) is 67.6 Å². The van der Waals surface area contributed by atoms with Gasteiger partial charge in [-0.2, -0.15) is 0 Å². The average Bonchev–Trinajstić information content (AvgIpc) is 2.62. The van der Waals surface area contributed by atoms with E-state index in [4.69, 9.17) is 0 Å². The molecule has 3 atom stereocenters. The van der Waals surface area contributed by atoms with E-state index >= 15 is 0 Å². The van der Waals surface area contributed by atoms with Crippen molar-refractivity contribution in [2.24, 2.45) is 0 Å². The normalized spacial score (nSPS) is 20.5. The first kappa shape index (κ1) is 16.5. The lowest BCUT2D eigenvalue weighted by Gasteiger charge is -2.38. The van der Waals surface area contributed by atoms with E-state index in [1.165, 1.54) is 0 Å². The quantitative estimate of drug-likeness (QED) is 0.888. The molecule has 1 fully saturated rings. The second kappa shape index (κ2) is 7.49. The number of piperidine rings is 1. The molecule has 1 heterocycles. The summed E-state index contributed by atoms with van der Waals surface area (Å²) in [7, 11) is 0. The standard InChI is InChI=1S/C20H24N2O2/c1-15(20(24)16-8-4-2-5-9-16)22-13-12-18(14-19(22)23)21-17-10-6-3-7-11-17/h2-11,15,18,20-21,24H,12-14H2,1H3/t15-,18-,20+/m0/s1. The summed E-state index contributed by atoms with van der Waals surface area (Å²) in [5.74, 6) is 0.0946. The number of hydrogen-bond acceptors (Lipinski definition) is 3. The molecule has 4 nitrogen and oxygen atoms in total. The molecule has 0 unspecified atom stereocenters. The first-order valence-corrected chi connectivity index (χ1v) is 8.49. The molecule has 2 N–H and O–H groups in total. The topological polar surface area (TPSA) is 52.6 Å². The van der Waals surface area contributed by atoms with E-state index in [0.717, 1.165) is 17.7 Å². The molecule has 3 rings (SSSR count). The van der Waals surface area contributed by atoms with Gasteiger partial charge in [-0.3, -0.25) is 4.79 Å². The van der Waals surface area contributed by atoms with Gasteiger partial charge in [0.05, 0.1) is 12.1 Å². The molecule has 4 heteroatoms. The Morgan fingerprint density at radius 3 is 2.33 bits per heavy atom. The minimum Gasteiger partial charge on any atom is -0.386 e. The largest absolute Gasteiger partial charge is 0.386 e. The van der Waals surface area contributed by atoms with Crippen molar-refractivity contribution in [2.75, 3.05) is 11.9 Å². The number of nitrogens with one attached hydrogen (secondary N) is 1. The monoisotopic (exact) mass is 324 g/mol. The highest BCUT2D eigenvalue weighted by atomic mass is 16.3. The summed E-state index contributed by atoms with van der Waals surface area (Å²) < 4.78 is 0. The summed E-state index contributed by atoms with van der Waals surface area (Å²) >= 11 is 0. The molecule has 2 aromatic rings. The third-order valence-corrected chi connectivity index (χ3v) is 4.69. The molecule has 0 aromatic heterocycles. The Morgan fingerprint density at radius 2 is 1.71 bits per heavy atom. The molecule has 0 radical (unpaired) electrons. The molecule has 0 aliphatic carbocycles. The second-order valence-corrected chi connectivity index (χ2v) is 6.38. The number of nitrogens with zero attached hydrogens (tertiary/aromatic N) is 1. The van der Waals surface area contributed by atoms with E-state index < -0.39 is 6.10 Å². The van der Waals surface area contributed by atoms with Crippen LogP contribution in [-0.4, -0.2) is 34.5 Å². The number of carbonyl (C=O) groups is 1. The minimum atomic E-state index is -0.659. The van der Waals surface area contributed by atoms with Crippen LogP contribution < -0.4 is 5.32 Å². The van der Waals surface area contributed by atoms with Crippen molar-refractivity contribution in [2.45, 2.75) is 38.0 Å². The van der Waals surface area contributed by atoms with Gasteiger partial charge in [0.2, 0.25) is 5.91 Å². The maximum absolute atomic E-state index is 12.5. The number of carbonyl (C=O) groups excluding carboxylic acids is 1. The molecule has 1 amide bonds. The molecule has 0 spiro atoms. The van der Waals surface area contributed by atoms with Gasteiger partial charge in [-0.25, -0.2) is 0 Å². The smallest absolute Gasteiger partial charge is 0.224 e. The van der Waals surface area contributed by atoms with Crippen LogP contribution in [0.3, 0.4) is 0 Å². The number of aliphatic hydroxyl groups is 1. The number of aliphatic hydroxyl groups excluding tert-OH is 1. The van der Waals surface area contributed by atoms with Gasteiger partial charge in [0, 0.05) is 24.7 Å². The molecule has 126 valence electrons. The van der Waals surface area contributed by atoms with Gasteiger partial charge in [-0.15, -0.1) is 0 Å². The van der Waals surface area contributed by atoms with Gasteiger partial charge in [0.1, 0.15) is 0 Å². The molecule has 0 bridgehead atoms. The number of amides is 1. The fourth-order valence-electron chi connectivity index (χ4n) is 3.27. The Labute approximate surface area is 143 Å². The van der Waals surface area contributed by atoms with E-state index in [2.05, 4.69) is 5.32 Å². The highest BCUT2D eigenvalue weighted by Crippen LogP contribution is 2.25. The van der Waals surface area contributed by atoms with Crippen LogP contribution in [0, 0.1) is 0 Å². The maximum Gasteiger partial charge on any atom is 0.224 e. The third kappa shape index (κ3) is 3.77. The number of likely N-dealkylation sites (tertiary alicyclic amines) is 1. The van der Waals surface area contributed by atoms with Crippen LogP contribution in [0.1, 0.15) is 31.4 Å². The van der Waals surface area contributed by atoms with Crippen LogP contribution >= 0.6 is 0 Å². The lowest BCUT2D eigenvalue weighted by molar-refractivity contribution is -0.138. The first-order chi connectivity index (χ1) is 11.6. The van der Waals surface area contributed by atoms with Crippen LogP contribution in [0.15, 0.2) is 60.7 Å². The summed E-state index contributed by atoms with van der Waals surface area (Å²) in [5, 5.41) is 14.0. The molecule has 0 saturated carbocycles. The zero-order valence-electron chi connectivity index (χ0n) is 13.9. The summed E-state index contributed by atoms with van der Waals surface area (Å²) in [4.78, 5) is 14.4. The van der Waals surface area contributed by atoms with Crippen molar-refractivity contribution in [3.05, 3.63) is 66.2 Å². The van der Waals surface area contributed by atoms with E-state index in [9.17, 15) is 9.90 Å². The average molecular weight is 324 g/mol. The van der Waals surface area contributed by atoms with Gasteiger partial charge < -0.3 is 15.3 Å². The second-order valence-electron chi connectivity index (χ2n) is 6.38. The van der Waals surface area contributed by atoms with Gasteiger partial charge in [0.25, 0.3) is 0 Å². The van der Waals surface area contributed by atoms with Gasteiger partial charge in [-0.05, 0) is 31.0 Å². The van der Waals surface area contributed by atoms with E-state index in [-0.39, 0.29) is 18.0 Å². The van der Waals surface area contributed by atoms with Gasteiger partial charge in [0.15, 0.2) is 0 Å². The van der Waals surface area contributed by atoms with Gasteiger partial charge >= 0.3 is 0 Å². The Morgan fingerprint density at radius 1 is 1.08 bits per heavy atom. The number of para-hydroxylation sites is 1. The van der Waals surface area contributed by atoms with Crippen molar-refractivity contribution >= 4 is 11.6 Å². The molecular formula is C20H24N2O2. The third-order valence-electron chi connectivity index (χ3n) is 4.69. The predicted octanol–water partition coefficient (Wildman–Crippen LogP) is 3.21. The van der Waals surface area contributed by atoms with Crippen LogP contribution in [0.25, 0.3) is 0 Å². The summed E-state index contributed by atoms with van der Waals surface area (Å²) in [6.07, 6.45) is 0.682.